The van der Waals surface area contributed by atoms with E-state index in [1.165, 1.54) is 12.1 Å². The van der Waals surface area contributed by atoms with Crippen LogP contribution in [0.2, 0.25) is 0 Å². The van der Waals surface area contributed by atoms with E-state index in [2.05, 4.69) is 9.89 Å². The van der Waals surface area contributed by atoms with Crippen molar-refractivity contribution in [2.24, 2.45) is 4.99 Å². The molecule has 0 aromatic heterocycles. The van der Waals surface area contributed by atoms with Gasteiger partial charge in [0.15, 0.2) is 0 Å². The Morgan fingerprint density at radius 3 is 2.43 bits per heavy atom. The van der Waals surface area contributed by atoms with E-state index in [0.29, 0.717) is 35.6 Å². The molecule has 1 atom stereocenters. The molecule has 0 radical (unpaired) electrons. The quantitative estimate of drug-likeness (QED) is 0.694. The van der Waals surface area contributed by atoms with Gasteiger partial charge in [-0.05, 0) is 88.3 Å². The molecule has 2 aromatic rings. The Balaban J connectivity index is 2.03. The maximum Gasteiger partial charge on any atom is 0.216 e. The van der Waals surface area contributed by atoms with Crippen molar-refractivity contribution >= 4 is 5.90 Å². The average Bonchev–Trinajstić information content (AvgIpc) is 3.07. The highest BCUT2D eigenvalue weighted by molar-refractivity contribution is 5.95. The van der Waals surface area contributed by atoms with E-state index < -0.39 is 5.60 Å². The average molecular weight is 415 g/mol. The highest BCUT2D eigenvalue weighted by atomic mass is 19.1. The first kappa shape index (κ1) is 22.4. The summed E-state index contributed by atoms with van der Waals surface area (Å²) in [6.45, 7) is 5.06. The fourth-order valence-corrected chi connectivity index (χ4v) is 3.80. The number of rotatable bonds is 8. The van der Waals surface area contributed by atoms with E-state index in [0.717, 1.165) is 18.5 Å². The van der Waals surface area contributed by atoms with Crippen LogP contribution in [-0.4, -0.2) is 53.8 Å². The lowest BCUT2D eigenvalue weighted by molar-refractivity contribution is 0.0640. The second-order valence-corrected chi connectivity index (χ2v) is 8.82. The van der Waals surface area contributed by atoms with Crippen LogP contribution in [0.25, 0.3) is 0 Å². The molecule has 0 aliphatic carbocycles. The summed E-state index contributed by atoms with van der Waals surface area (Å²) in [5.41, 5.74) is 0.938. The molecule has 0 saturated carbocycles. The molecule has 0 spiro atoms. The Kier molecular flexibility index (Phi) is 6.60. The number of hydrogen-bond donors (Lipinski definition) is 2. The number of nitrogens with zero attached hydrogens (tertiary/aromatic N) is 2. The molecule has 0 saturated heterocycles. The van der Waals surface area contributed by atoms with Crippen LogP contribution in [0.4, 0.5) is 4.39 Å². The maximum atomic E-state index is 13.5. The van der Waals surface area contributed by atoms with Crippen LogP contribution in [0.5, 0.6) is 0 Å². The van der Waals surface area contributed by atoms with Gasteiger partial charge in [-0.2, -0.15) is 0 Å². The van der Waals surface area contributed by atoms with E-state index >= 15 is 0 Å². The summed E-state index contributed by atoms with van der Waals surface area (Å²) in [7, 11) is 3.96. The zero-order chi connectivity index (χ0) is 21.9. The van der Waals surface area contributed by atoms with Crippen molar-refractivity contribution in [3.63, 3.8) is 0 Å². The first-order chi connectivity index (χ1) is 14.1. The van der Waals surface area contributed by atoms with Gasteiger partial charge in [0.05, 0.1) is 12.1 Å². The smallest absolute Gasteiger partial charge is 0.216 e. The van der Waals surface area contributed by atoms with Crippen molar-refractivity contribution in [3.05, 3.63) is 70.5 Å². The molecule has 2 N–H and O–H groups in total. The lowest BCUT2D eigenvalue weighted by Crippen LogP contribution is -2.30. The summed E-state index contributed by atoms with van der Waals surface area (Å²) in [6.07, 6.45) is 1.17. The molecule has 1 aliphatic heterocycles. The number of hydrogen-bond acceptors (Lipinski definition) is 5. The standard InChI is InChI=1S/C24H31FN2O3/c1-23(2)16-30-22(26-23)17-6-11-21(18(14-17)15-28)24(29,12-5-13-27(3)4)19-7-9-20(25)10-8-19/h6-11,14,28-29H,5,12-13,15-16H2,1-4H3. The summed E-state index contributed by atoms with van der Waals surface area (Å²) in [4.78, 5) is 6.65. The first-order valence-electron chi connectivity index (χ1n) is 10.2. The molecule has 2 aromatic carbocycles. The molecule has 1 heterocycles. The third-order valence-electron chi connectivity index (χ3n) is 5.40. The second-order valence-electron chi connectivity index (χ2n) is 8.82. The van der Waals surface area contributed by atoms with Gasteiger partial charge < -0.3 is 19.8 Å². The molecule has 6 heteroatoms. The van der Waals surface area contributed by atoms with Gasteiger partial charge in [0.25, 0.3) is 0 Å². The van der Waals surface area contributed by atoms with E-state index in [4.69, 9.17) is 4.74 Å². The van der Waals surface area contributed by atoms with Gasteiger partial charge in [0.2, 0.25) is 5.90 Å². The third kappa shape index (κ3) is 4.89. The van der Waals surface area contributed by atoms with Gasteiger partial charge in [-0.3, -0.25) is 0 Å². The van der Waals surface area contributed by atoms with Crippen LogP contribution >= 0.6 is 0 Å². The minimum absolute atomic E-state index is 0.239. The molecular weight excluding hydrogens is 383 g/mol. The Hall–Kier alpha value is -2.28. The molecule has 0 bridgehead atoms. The van der Waals surface area contributed by atoms with Gasteiger partial charge in [-0.1, -0.05) is 18.2 Å². The van der Waals surface area contributed by atoms with E-state index in [1.54, 1.807) is 12.1 Å². The van der Waals surface area contributed by atoms with Crippen molar-refractivity contribution in [3.8, 4) is 0 Å². The fraction of sp³-hybridized carbons (Fsp3) is 0.458. The summed E-state index contributed by atoms with van der Waals surface area (Å²) < 4.78 is 19.2. The molecule has 0 amide bonds. The molecule has 5 nitrogen and oxygen atoms in total. The highest BCUT2D eigenvalue weighted by Gasteiger charge is 2.34. The van der Waals surface area contributed by atoms with Crippen molar-refractivity contribution in [1.29, 1.82) is 0 Å². The number of halogens is 1. The number of ether oxygens (including phenoxy) is 1. The highest BCUT2D eigenvalue weighted by Crippen LogP contribution is 2.37. The van der Waals surface area contributed by atoms with Gasteiger partial charge >= 0.3 is 0 Å². The molecule has 0 fully saturated rings. The fourth-order valence-electron chi connectivity index (χ4n) is 3.80. The van der Waals surface area contributed by atoms with E-state index in [1.807, 2.05) is 46.1 Å². The van der Waals surface area contributed by atoms with Crippen molar-refractivity contribution in [2.75, 3.05) is 27.2 Å². The monoisotopic (exact) mass is 414 g/mol. The SMILES string of the molecule is CN(C)CCCC(O)(c1ccc(F)cc1)c1ccc(C2=NC(C)(C)CO2)cc1CO. The largest absolute Gasteiger partial charge is 0.475 e. The third-order valence-corrected chi connectivity index (χ3v) is 5.40. The Bertz CT molecular complexity index is 909. The summed E-state index contributed by atoms with van der Waals surface area (Å²) in [5.74, 6) is 0.185. The topological polar surface area (TPSA) is 65.3 Å². The van der Waals surface area contributed by atoms with Gasteiger partial charge in [0, 0.05) is 5.56 Å². The molecule has 30 heavy (non-hydrogen) atoms. The molecular formula is C24H31FN2O3. The summed E-state index contributed by atoms with van der Waals surface area (Å²) in [6, 6.07) is 11.4. The zero-order valence-electron chi connectivity index (χ0n) is 18.2. The lowest BCUT2D eigenvalue weighted by Gasteiger charge is -2.32. The van der Waals surface area contributed by atoms with Gasteiger partial charge in [-0.25, -0.2) is 9.38 Å². The normalized spacial score (nSPS) is 17.5. The van der Waals surface area contributed by atoms with Crippen LogP contribution in [-0.2, 0) is 16.9 Å². The van der Waals surface area contributed by atoms with Gasteiger partial charge in [-0.15, -0.1) is 0 Å². The van der Waals surface area contributed by atoms with Crippen molar-refractivity contribution in [2.45, 2.75) is 44.4 Å². The molecule has 3 rings (SSSR count). The maximum absolute atomic E-state index is 13.5. The summed E-state index contributed by atoms with van der Waals surface area (Å²) >= 11 is 0. The minimum atomic E-state index is -1.35. The van der Waals surface area contributed by atoms with Crippen LogP contribution in [0.1, 0.15) is 48.9 Å². The van der Waals surface area contributed by atoms with Crippen molar-refractivity contribution in [1.82, 2.24) is 4.90 Å². The number of aliphatic hydroxyl groups is 2. The summed E-state index contributed by atoms with van der Waals surface area (Å²) in [5, 5.41) is 21.9. The van der Waals surface area contributed by atoms with Crippen molar-refractivity contribution < 1.29 is 19.3 Å². The Labute approximate surface area is 177 Å². The first-order valence-corrected chi connectivity index (χ1v) is 10.2. The molecule has 1 unspecified atom stereocenters. The second kappa shape index (κ2) is 8.84. The molecule has 162 valence electrons. The number of benzene rings is 2. The van der Waals surface area contributed by atoms with Crippen LogP contribution in [0, 0.1) is 5.82 Å². The predicted molar refractivity (Wildman–Crippen MR) is 116 cm³/mol. The number of aliphatic imine (C=N–C) groups is 1. The van der Waals surface area contributed by atoms with E-state index in [9.17, 15) is 14.6 Å². The predicted octanol–water partition coefficient (Wildman–Crippen LogP) is 3.45. The Morgan fingerprint density at radius 2 is 1.87 bits per heavy atom. The van der Waals surface area contributed by atoms with Crippen LogP contribution in [0.15, 0.2) is 47.5 Å². The number of aliphatic hydroxyl groups excluding tert-OH is 1. The minimum Gasteiger partial charge on any atom is -0.475 e. The Morgan fingerprint density at radius 1 is 1.17 bits per heavy atom. The molecule has 1 aliphatic rings. The van der Waals surface area contributed by atoms with Gasteiger partial charge in [0.1, 0.15) is 18.0 Å². The van der Waals surface area contributed by atoms with Crippen LogP contribution < -0.4 is 0 Å². The van der Waals surface area contributed by atoms with E-state index in [-0.39, 0.29) is 18.0 Å². The van der Waals surface area contributed by atoms with Crippen LogP contribution in [0.3, 0.4) is 0 Å². The lowest BCUT2D eigenvalue weighted by atomic mass is 9.80. The zero-order valence-corrected chi connectivity index (χ0v) is 18.2.